The molecule has 4 nitrogen and oxygen atoms in total. The van der Waals surface area contributed by atoms with Gasteiger partial charge in [0.15, 0.2) is 0 Å². The molecule has 1 aromatic heterocycles. The Labute approximate surface area is 103 Å². The first-order valence-corrected chi connectivity index (χ1v) is 5.85. The van der Waals surface area contributed by atoms with Gasteiger partial charge in [-0.3, -0.25) is 9.88 Å². The Morgan fingerprint density at radius 3 is 2.88 bits per heavy atom. The molecule has 0 aliphatic rings. The summed E-state index contributed by atoms with van der Waals surface area (Å²) in [5, 5.41) is 8.61. The molecule has 0 bridgehead atoms. The molecule has 0 spiro atoms. The Morgan fingerprint density at radius 2 is 2.24 bits per heavy atom. The highest BCUT2D eigenvalue weighted by atomic mass is 16.5. The van der Waals surface area contributed by atoms with Crippen LogP contribution in [0.15, 0.2) is 24.4 Å². The summed E-state index contributed by atoms with van der Waals surface area (Å²) in [5.41, 5.74) is 1.09. The minimum Gasteiger partial charge on any atom is -0.383 e. The van der Waals surface area contributed by atoms with Crippen LogP contribution in [0.25, 0.3) is 0 Å². The SMILES string of the molecule is COCCN(CCC#N)CCc1ccccn1. The van der Waals surface area contributed by atoms with Gasteiger partial charge in [-0.05, 0) is 12.1 Å². The molecule has 1 rings (SSSR count). The van der Waals surface area contributed by atoms with E-state index in [0.29, 0.717) is 13.0 Å². The number of pyridine rings is 1. The number of ether oxygens (including phenoxy) is 1. The lowest BCUT2D eigenvalue weighted by molar-refractivity contribution is 0.149. The van der Waals surface area contributed by atoms with E-state index >= 15 is 0 Å². The topological polar surface area (TPSA) is 49.1 Å². The highest BCUT2D eigenvalue weighted by Gasteiger charge is 2.04. The lowest BCUT2D eigenvalue weighted by Crippen LogP contribution is -2.30. The van der Waals surface area contributed by atoms with E-state index in [1.54, 1.807) is 7.11 Å². The number of rotatable bonds is 8. The number of hydrogen-bond donors (Lipinski definition) is 0. The van der Waals surface area contributed by atoms with Crippen LogP contribution in [0.3, 0.4) is 0 Å². The zero-order chi connectivity index (χ0) is 12.3. The van der Waals surface area contributed by atoms with Crippen LogP contribution >= 0.6 is 0 Å². The molecule has 0 radical (unpaired) electrons. The molecule has 92 valence electrons. The highest BCUT2D eigenvalue weighted by Crippen LogP contribution is 1.99. The summed E-state index contributed by atoms with van der Waals surface area (Å²) in [6.45, 7) is 3.29. The van der Waals surface area contributed by atoms with E-state index < -0.39 is 0 Å². The van der Waals surface area contributed by atoms with Crippen molar-refractivity contribution in [3.8, 4) is 6.07 Å². The Balaban J connectivity index is 2.35. The van der Waals surface area contributed by atoms with Gasteiger partial charge >= 0.3 is 0 Å². The van der Waals surface area contributed by atoms with Crippen molar-refractivity contribution in [3.63, 3.8) is 0 Å². The van der Waals surface area contributed by atoms with Crippen LogP contribution in [0.1, 0.15) is 12.1 Å². The molecule has 0 unspecified atom stereocenters. The van der Waals surface area contributed by atoms with Gasteiger partial charge in [0.2, 0.25) is 0 Å². The summed E-state index contributed by atoms with van der Waals surface area (Å²) in [6, 6.07) is 8.12. The molecule has 17 heavy (non-hydrogen) atoms. The van der Waals surface area contributed by atoms with Gasteiger partial charge in [0.05, 0.1) is 12.7 Å². The molecule has 0 saturated heterocycles. The Hall–Kier alpha value is -1.44. The van der Waals surface area contributed by atoms with Crippen LogP contribution in [-0.2, 0) is 11.2 Å². The molecule has 0 N–H and O–H groups in total. The van der Waals surface area contributed by atoms with E-state index in [-0.39, 0.29) is 0 Å². The van der Waals surface area contributed by atoms with E-state index in [1.807, 2.05) is 24.4 Å². The highest BCUT2D eigenvalue weighted by molar-refractivity contribution is 5.03. The second-order valence-electron chi connectivity index (χ2n) is 3.81. The van der Waals surface area contributed by atoms with Gasteiger partial charge in [-0.25, -0.2) is 0 Å². The first-order chi connectivity index (χ1) is 8.36. The van der Waals surface area contributed by atoms with Gasteiger partial charge in [0.25, 0.3) is 0 Å². The van der Waals surface area contributed by atoms with E-state index in [9.17, 15) is 0 Å². The van der Waals surface area contributed by atoms with Crippen LogP contribution < -0.4 is 0 Å². The molecule has 4 heteroatoms. The fraction of sp³-hybridized carbons (Fsp3) is 0.538. The summed E-state index contributed by atoms with van der Waals surface area (Å²) in [6.07, 6.45) is 3.28. The van der Waals surface area contributed by atoms with E-state index in [1.165, 1.54) is 0 Å². The van der Waals surface area contributed by atoms with Crippen molar-refractivity contribution in [2.45, 2.75) is 12.8 Å². The van der Waals surface area contributed by atoms with Crippen molar-refractivity contribution in [1.82, 2.24) is 9.88 Å². The standard InChI is InChI=1S/C13H19N3O/c1-17-12-11-16(9-4-7-14)10-6-13-5-2-3-8-15-13/h2-3,5,8H,4,6,9-12H2,1H3. The van der Waals surface area contributed by atoms with Crippen LogP contribution in [0, 0.1) is 11.3 Å². The van der Waals surface area contributed by atoms with Gasteiger partial charge in [0, 0.05) is 51.5 Å². The number of aromatic nitrogens is 1. The number of methoxy groups -OCH3 is 1. The van der Waals surface area contributed by atoms with Crippen LogP contribution in [-0.4, -0.2) is 43.2 Å². The zero-order valence-corrected chi connectivity index (χ0v) is 10.3. The van der Waals surface area contributed by atoms with Gasteiger partial charge in [-0.1, -0.05) is 6.07 Å². The minimum absolute atomic E-state index is 0.561. The lowest BCUT2D eigenvalue weighted by atomic mass is 10.2. The van der Waals surface area contributed by atoms with Crippen molar-refractivity contribution in [2.24, 2.45) is 0 Å². The Bertz CT molecular complexity index is 334. The maximum atomic E-state index is 8.61. The lowest BCUT2D eigenvalue weighted by Gasteiger charge is -2.20. The maximum absolute atomic E-state index is 8.61. The zero-order valence-electron chi connectivity index (χ0n) is 10.3. The minimum atomic E-state index is 0.561. The van der Waals surface area contributed by atoms with Gasteiger partial charge in [-0.2, -0.15) is 5.26 Å². The summed E-state index contributed by atoms with van der Waals surface area (Å²) >= 11 is 0. The van der Waals surface area contributed by atoms with Crippen LogP contribution in [0.5, 0.6) is 0 Å². The molecule has 0 aliphatic carbocycles. The molecular weight excluding hydrogens is 214 g/mol. The largest absolute Gasteiger partial charge is 0.383 e. The predicted octanol–water partition coefficient (Wildman–Crippen LogP) is 1.49. The van der Waals surface area contributed by atoms with E-state index in [4.69, 9.17) is 10.00 Å². The van der Waals surface area contributed by atoms with Gasteiger partial charge < -0.3 is 4.74 Å². The predicted molar refractivity (Wildman–Crippen MR) is 66.5 cm³/mol. The number of hydrogen-bond acceptors (Lipinski definition) is 4. The molecule has 1 aromatic rings. The summed E-state index contributed by atoms with van der Waals surface area (Å²) < 4.78 is 5.06. The fourth-order valence-corrected chi connectivity index (χ4v) is 1.58. The molecule has 0 aromatic carbocycles. The third-order valence-electron chi connectivity index (χ3n) is 2.56. The van der Waals surface area contributed by atoms with E-state index in [0.717, 1.165) is 31.7 Å². The fourth-order valence-electron chi connectivity index (χ4n) is 1.58. The van der Waals surface area contributed by atoms with Crippen molar-refractivity contribution in [2.75, 3.05) is 33.4 Å². The molecule has 0 fully saturated rings. The van der Waals surface area contributed by atoms with Crippen LogP contribution in [0.4, 0.5) is 0 Å². The van der Waals surface area contributed by atoms with Gasteiger partial charge in [0.1, 0.15) is 0 Å². The second kappa shape index (κ2) is 8.68. The second-order valence-corrected chi connectivity index (χ2v) is 3.81. The molecule has 0 atom stereocenters. The number of nitrogens with zero attached hydrogens (tertiary/aromatic N) is 3. The molecule has 1 heterocycles. The van der Waals surface area contributed by atoms with Gasteiger partial charge in [-0.15, -0.1) is 0 Å². The quantitative estimate of drug-likeness (QED) is 0.682. The van der Waals surface area contributed by atoms with Crippen molar-refractivity contribution in [1.29, 1.82) is 5.26 Å². The maximum Gasteiger partial charge on any atom is 0.0635 e. The Kier molecular flexibility index (Phi) is 6.96. The number of nitriles is 1. The van der Waals surface area contributed by atoms with Crippen molar-refractivity contribution in [3.05, 3.63) is 30.1 Å². The molecule has 0 amide bonds. The molecule has 0 aliphatic heterocycles. The van der Waals surface area contributed by atoms with Crippen molar-refractivity contribution < 1.29 is 4.74 Å². The summed E-state index contributed by atoms with van der Waals surface area (Å²) in [7, 11) is 1.70. The summed E-state index contributed by atoms with van der Waals surface area (Å²) in [4.78, 5) is 6.53. The van der Waals surface area contributed by atoms with Crippen LogP contribution in [0.2, 0.25) is 0 Å². The van der Waals surface area contributed by atoms with Crippen molar-refractivity contribution >= 4 is 0 Å². The monoisotopic (exact) mass is 233 g/mol. The summed E-state index contributed by atoms with van der Waals surface area (Å²) in [5.74, 6) is 0. The first kappa shape index (κ1) is 13.6. The Morgan fingerprint density at radius 1 is 1.35 bits per heavy atom. The normalized spacial score (nSPS) is 10.4. The third-order valence-corrected chi connectivity index (χ3v) is 2.56. The third kappa shape index (κ3) is 6.00. The molecular formula is C13H19N3O. The average molecular weight is 233 g/mol. The van der Waals surface area contributed by atoms with E-state index in [2.05, 4.69) is 16.0 Å². The first-order valence-electron chi connectivity index (χ1n) is 5.85. The molecule has 0 saturated carbocycles. The average Bonchev–Trinajstić information content (AvgIpc) is 2.39. The smallest absolute Gasteiger partial charge is 0.0635 e.